The number of hydrogen-bond acceptors (Lipinski definition) is 4. The van der Waals surface area contributed by atoms with Gasteiger partial charge in [-0.3, -0.25) is 5.32 Å². The highest BCUT2D eigenvalue weighted by Crippen LogP contribution is 2.21. The van der Waals surface area contributed by atoms with Gasteiger partial charge in [-0.25, -0.2) is 4.98 Å². The average molecular weight is 288 g/mol. The van der Waals surface area contributed by atoms with Gasteiger partial charge in [0.1, 0.15) is 11.5 Å². The van der Waals surface area contributed by atoms with Crippen molar-refractivity contribution in [2.24, 2.45) is 0 Å². The van der Waals surface area contributed by atoms with Crippen molar-refractivity contribution in [1.82, 2.24) is 10.3 Å². The fourth-order valence-corrected chi connectivity index (χ4v) is 2.19. The van der Waals surface area contributed by atoms with E-state index in [1.54, 1.807) is 6.20 Å². The third kappa shape index (κ3) is 4.33. The smallest absolute Gasteiger partial charge is 0.211 e. The zero-order valence-corrected chi connectivity index (χ0v) is 13.2. The molecule has 2 aromatic rings. The lowest BCUT2D eigenvalue weighted by Crippen LogP contribution is -2.22. The summed E-state index contributed by atoms with van der Waals surface area (Å²) < 4.78 is 11.1. The molecule has 1 heterocycles. The highest BCUT2D eigenvalue weighted by Gasteiger charge is 2.15. The summed E-state index contributed by atoms with van der Waals surface area (Å²) in [5.74, 6) is 2.48. The zero-order valence-electron chi connectivity index (χ0n) is 13.2. The minimum atomic E-state index is 0.0738. The van der Waals surface area contributed by atoms with Gasteiger partial charge in [-0.05, 0) is 44.9 Å². The molecule has 0 spiro atoms. The second-order valence-corrected chi connectivity index (χ2v) is 5.34. The van der Waals surface area contributed by atoms with Gasteiger partial charge in [0.2, 0.25) is 5.89 Å². The van der Waals surface area contributed by atoms with Gasteiger partial charge < -0.3 is 9.15 Å². The summed E-state index contributed by atoms with van der Waals surface area (Å²) in [4.78, 5) is 4.26. The van der Waals surface area contributed by atoms with E-state index in [1.165, 1.54) is 5.56 Å². The van der Waals surface area contributed by atoms with Gasteiger partial charge in [0.25, 0.3) is 0 Å². The molecule has 4 heteroatoms. The Morgan fingerprint density at radius 1 is 1.19 bits per heavy atom. The molecule has 4 nitrogen and oxygen atoms in total. The molecule has 1 N–H and O–H groups in total. The van der Waals surface area contributed by atoms with Crippen molar-refractivity contribution in [3.8, 4) is 5.75 Å². The summed E-state index contributed by atoms with van der Waals surface area (Å²) in [7, 11) is 0. The molecular formula is C17H24N2O2. The average Bonchev–Trinajstić information content (AvgIpc) is 2.92. The van der Waals surface area contributed by atoms with Gasteiger partial charge in [0, 0.05) is 6.04 Å². The minimum Gasteiger partial charge on any atom is -0.494 e. The molecule has 2 rings (SSSR count). The quantitative estimate of drug-likeness (QED) is 0.830. The van der Waals surface area contributed by atoms with Crippen molar-refractivity contribution in [2.75, 3.05) is 6.61 Å². The van der Waals surface area contributed by atoms with Crippen LogP contribution in [0.1, 0.15) is 56.5 Å². The van der Waals surface area contributed by atoms with Crippen LogP contribution >= 0.6 is 0 Å². The van der Waals surface area contributed by atoms with E-state index in [0.29, 0.717) is 0 Å². The van der Waals surface area contributed by atoms with Crippen LogP contribution in [0.3, 0.4) is 0 Å². The van der Waals surface area contributed by atoms with E-state index >= 15 is 0 Å². The van der Waals surface area contributed by atoms with Crippen LogP contribution in [0.2, 0.25) is 0 Å². The maximum atomic E-state index is 5.60. The molecule has 0 amide bonds. The van der Waals surface area contributed by atoms with Gasteiger partial charge in [-0.15, -0.1) is 0 Å². The molecule has 1 aromatic heterocycles. The SMILES string of the molecule is CCCOc1ccc(C(C)NC(C)c2ncc(C)o2)cc1. The summed E-state index contributed by atoms with van der Waals surface area (Å²) >= 11 is 0. The highest BCUT2D eigenvalue weighted by molar-refractivity contribution is 5.29. The van der Waals surface area contributed by atoms with Gasteiger partial charge in [0.15, 0.2) is 0 Å². The maximum Gasteiger partial charge on any atom is 0.211 e. The van der Waals surface area contributed by atoms with Crippen molar-refractivity contribution in [3.05, 3.63) is 47.7 Å². The number of oxazole rings is 1. The first kappa shape index (κ1) is 15.6. The predicted octanol–water partition coefficient (Wildman–Crippen LogP) is 4.18. The summed E-state index contributed by atoms with van der Waals surface area (Å²) in [6, 6.07) is 8.51. The van der Waals surface area contributed by atoms with Crippen LogP contribution in [0.15, 0.2) is 34.9 Å². The monoisotopic (exact) mass is 288 g/mol. The van der Waals surface area contributed by atoms with E-state index in [2.05, 4.69) is 43.2 Å². The van der Waals surface area contributed by atoms with Crippen molar-refractivity contribution in [2.45, 2.75) is 46.2 Å². The van der Waals surface area contributed by atoms with Crippen LogP contribution in [-0.2, 0) is 0 Å². The molecule has 0 bridgehead atoms. The first-order valence-corrected chi connectivity index (χ1v) is 7.51. The highest BCUT2D eigenvalue weighted by atomic mass is 16.5. The zero-order chi connectivity index (χ0) is 15.2. The number of nitrogens with zero attached hydrogens (tertiary/aromatic N) is 1. The topological polar surface area (TPSA) is 47.3 Å². The van der Waals surface area contributed by atoms with Crippen LogP contribution in [0.4, 0.5) is 0 Å². The standard InChI is InChI=1S/C17H24N2O2/c1-5-10-20-16-8-6-15(7-9-16)13(3)19-14(4)17-18-11-12(2)21-17/h6-9,11,13-14,19H,5,10H2,1-4H3. The molecule has 0 aliphatic rings. The summed E-state index contributed by atoms with van der Waals surface area (Å²) in [6.07, 6.45) is 2.77. The molecule has 114 valence electrons. The lowest BCUT2D eigenvalue weighted by atomic mass is 10.1. The van der Waals surface area contributed by atoms with E-state index in [1.807, 2.05) is 19.1 Å². The fourth-order valence-electron chi connectivity index (χ4n) is 2.19. The number of nitrogens with one attached hydrogen (secondary N) is 1. The largest absolute Gasteiger partial charge is 0.494 e. The molecule has 0 saturated heterocycles. The fraction of sp³-hybridized carbons (Fsp3) is 0.471. The Labute approximate surface area is 126 Å². The summed E-state index contributed by atoms with van der Waals surface area (Å²) in [6.45, 7) is 8.95. The first-order chi connectivity index (χ1) is 10.1. The van der Waals surface area contributed by atoms with E-state index in [0.717, 1.165) is 30.4 Å². The van der Waals surface area contributed by atoms with Crippen LogP contribution in [0, 0.1) is 6.92 Å². The second kappa shape index (κ2) is 7.27. The molecule has 0 radical (unpaired) electrons. The number of benzene rings is 1. The molecule has 0 fully saturated rings. The van der Waals surface area contributed by atoms with E-state index in [-0.39, 0.29) is 12.1 Å². The van der Waals surface area contributed by atoms with E-state index in [4.69, 9.17) is 9.15 Å². The summed E-state index contributed by atoms with van der Waals surface area (Å²) in [5, 5.41) is 3.49. The van der Waals surface area contributed by atoms with Crippen LogP contribution in [-0.4, -0.2) is 11.6 Å². The molecule has 0 aliphatic heterocycles. The number of hydrogen-bond donors (Lipinski definition) is 1. The lowest BCUT2D eigenvalue weighted by molar-refractivity contribution is 0.317. The first-order valence-electron chi connectivity index (χ1n) is 7.51. The van der Waals surface area contributed by atoms with Crippen molar-refractivity contribution in [1.29, 1.82) is 0 Å². The molecular weight excluding hydrogens is 264 g/mol. The van der Waals surface area contributed by atoms with Crippen LogP contribution in [0.5, 0.6) is 5.75 Å². The van der Waals surface area contributed by atoms with E-state index in [9.17, 15) is 0 Å². The van der Waals surface area contributed by atoms with Gasteiger partial charge in [-0.1, -0.05) is 19.1 Å². The predicted molar refractivity (Wildman–Crippen MR) is 83.4 cm³/mol. The van der Waals surface area contributed by atoms with Crippen molar-refractivity contribution in [3.63, 3.8) is 0 Å². The van der Waals surface area contributed by atoms with Crippen LogP contribution in [0.25, 0.3) is 0 Å². The Morgan fingerprint density at radius 2 is 1.90 bits per heavy atom. The van der Waals surface area contributed by atoms with Gasteiger partial charge in [0.05, 0.1) is 18.8 Å². The Balaban J connectivity index is 1.94. The normalized spacial score (nSPS) is 13.9. The van der Waals surface area contributed by atoms with Crippen molar-refractivity contribution < 1.29 is 9.15 Å². The van der Waals surface area contributed by atoms with Gasteiger partial charge >= 0.3 is 0 Å². The molecule has 2 atom stereocenters. The lowest BCUT2D eigenvalue weighted by Gasteiger charge is -2.18. The molecule has 0 aliphatic carbocycles. The number of aryl methyl sites for hydroxylation is 1. The molecule has 21 heavy (non-hydrogen) atoms. The molecule has 2 unspecified atom stereocenters. The number of ether oxygens (including phenoxy) is 1. The Bertz CT molecular complexity index is 548. The summed E-state index contributed by atoms with van der Waals surface area (Å²) in [5.41, 5.74) is 1.22. The van der Waals surface area contributed by atoms with E-state index < -0.39 is 0 Å². The Morgan fingerprint density at radius 3 is 2.48 bits per heavy atom. The van der Waals surface area contributed by atoms with Gasteiger partial charge in [-0.2, -0.15) is 0 Å². The minimum absolute atomic E-state index is 0.0738. The van der Waals surface area contributed by atoms with Crippen molar-refractivity contribution >= 4 is 0 Å². The number of aromatic nitrogens is 1. The maximum absolute atomic E-state index is 5.60. The third-order valence-electron chi connectivity index (χ3n) is 3.36. The van der Waals surface area contributed by atoms with Crippen LogP contribution < -0.4 is 10.1 Å². The molecule has 1 aromatic carbocycles. The second-order valence-electron chi connectivity index (χ2n) is 5.34. The molecule has 0 saturated carbocycles. The Hall–Kier alpha value is -1.81. The third-order valence-corrected chi connectivity index (χ3v) is 3.36. The Kier molecular flexibility index (Phi) is 5.39. The number of rotatable bonds is 7.